The molecule has 116 valence electrons. The number of carbonyl (C=O) groups excluding carboxylic acids is 2. The van der Waals surface area contributed by atoms with Crippen LogP contribution in [0.3, 0.4) is 0 Å². The fourth-order valence-corrected chi connectivity index (χ4v) is 2.77. The molecule has 1 aliphatic carbocycles. The van der Waals surface area contributed by atoms with Gasteiger partial charge in [0, 0.05) is 25.6 Å². The monoisotopic (exact) mass is 285 g/mol. The first-order chi connectivity index (χ1) is 9.53. The third kappa shape index (κ3) is 4.78. The van der Waals surface area contributed by atoms with E-state index in [0.717, 1.165) is 25.7 Å². The lowest BCUT2D eigenvalue weighted by Gasteiger charge is -2.37. The smallest absolute Gasteiger partial charge is 0.307 e. The first kappa shape index (κ1) is 17.0. The molecule has 0 atom stereocenters. The third-order valence-electron chi connectivity index (χ3n) is 4.14. The zero-order chi connectivity index (χ0) is 15.0. The van der Waals surface area contributed by atoms with Gasteiger partial charge in [-0.15, -0.1) is 0 Å². The summed E-state index contributed by atoms with van der Waals surface area (Å²) in [5.41, 5.74) is -0.276. The van der Waals surface area contributed by atoms with Crippen molar-refractivity contribution >= 4 is 11.9 Å². The number of amides is 1. The predicted molar refractivity (Wildman–Crippen MR) is 76.3 cm³/mol. The van der Waals surface area contributed by atoms with Gasteiger partial charge in [-0.2, -0.15) is 0 Å². The van der Waals surface area contributed by atoms with Crippen molar-refractivity contribution in [3.8, 4) is 0 Å². The largest absolute Gasteiger partial charge is 0.469 e. The van der Waals surface area contributed by atoms with E-state index in [1.807, 2.05) is 6.92 Å². The van der Waals surface area contributed by atoms with Crippen LogP contribution in [0.4, 0.5) is 0 Å². The molecule has 0 N–H and O–H groups in total. The molecule has 1 amide bonds. The van der Waals surface area contributed by atoms with E-state index in [0.29, 0.717) is 19.7 Å². The van der Waals surface area contributed by atoms with Crippen LogP contribution in [0, 0.1) is 5.41 Å². The molecule has 0 aromatic carbocycles. The lowest BCUT2D eigenvalue weighted by Crippen LogP contribution is -2.45. The minimum Gasteiger partial charge on any atom is -0.469 e. The summed E-state index contributed by atoms with van der Waals surface area (Å²) in [5, 5.41) is 0. The minimum atomic E-state index is -0.283. The second-order valence-corrected chi connectivity index (χ2v) is 5.73. The number of rotatable bonds is 7. The van der Waals surface area contributed by atoms with Gasteiger partial charge >= 0.3 is 5.97 Å². The highest BCUT2D eigenvalue weighted by atomic mass is 16.5. The molecule has 0 spiro atoms. The van der Waals surface area contributed by atoms with Gasteiger partial charge < -0.3 is 14.4 Å². The number of hydrogen-bond donors (Lipinski definition) is 0. The number of carbonyl (C=O) groups is 2. The van der Waals surface area contributed by atoms with Gasteiger partial charge in [-0.25, -0.2) is 0 Å². The highest BCUT2D eigenvalue weighted by molar-refractivity contribution is 5.83. The van der Waals surface area contributed by atoms with E-state index >= 15 is 0 Å². The molecule has 20 heavy (non-hydrogen) atoms. The zero-order valence-electron chi connectivity index (χ0n) is 12.9. The molecule has 5 heteroatoms. The van der Waals surface area contributed by atoms with Gasteiger partial charge in [0.15, 0.2) is 0 Å². The lowest BCUT2D eigenvalue weighted by atomic mass is 9.74. The number of ether oxygens (including phenoxy) is 2. The fourth-order valence-electron chi connectivity index (χ4n) is 2.77. The molecule has 0 saturated heterocycles. The van der Waals surface area contributed by atoms with Crippen molar-refractivity contribution in [1.29, 1.82) is 0 Å². The lowest BCUT2D eigenvalue weighted by molar-refractivity contribution is -0.146. The first-order valence-electron chi connectivity index (χ1n) is 7.38. The van der Waals surface area contributed by atoms with Crippen LogP contribution in [0.5, 0.6) is 0 Å². The highest BCUT2D eigenvalue weighted by Crippen LogP contribution is 2.37. The summed E-state index contributed by atoms with van der Waals surface area (Å²) in [6.45, 7) is 3.47. The Labute approximate surface area is 121 Å². The zero-order valence-corrected chi connectivity index (χ0v) is 12.9. The Bertz CT molecular complexity index is 324. The molecule has 0 unspecified atom stereocenters. The Morgan fingerprint density at radius 3 is 2.30 bits per heavy atom. The van der Waals surface area contributed by atoms with E-state index in [-0.39, 0.29) is 23.7 Å². The van der Waals surface area contributed by atoms with E-state index in [2.05, 4.69) is 4.74 Å². The summed E-state index contributed by atoms with van der Waals surface area (Å²) >= 11 is 0. The topological polar surface area (TPSA) is 55.8 Å². The molecule has 1 fully saturated rings. The fraction of sp³-hybridized carbons (Fsp3) is 0.867. The van der Waals surface area contributed by atoms with Crippen LogP contribution in [0.25, 0.3) is 0 Å². The number of esters is 1. The van der Waals surface area contributed by atoms with Crippen molar-refractivity contribution in [1.82, 2.24) is 4.90 Å². The average molecular weight is 285 g/mol. The molecule has 1 rings (SSSR count). The van der Waals surface area contributed by atoms with Gasteiger partial charge in [-0.05, 0) is 12.8 Å². The van der Waals surface area contributed by atoms with E-state index in [9.17, 15) is 9.59 Å². The van der Waals surface area contributed by atoms with Crippen molar-refractivity contribution in [3.05, 3.63) is 0 Å². The quantitative estimate of drug-likeness (QED) is 0.671. The highest BCUT2D eigenvalue weighted by Gasteiger charge is 2.37. The normalized spacial score (nSPS) is 17.6. The maximum Gasteiger partial charge on any atom is 0.307 e. The Kier molecular flexibility index (Phi) is 6.99. The number of nitrogens with zero attached hydrogens (tertiary/aromatic N) is 1. The second-order valence-electron chi connectivity index (χ2n) is 5.73. The molecule has 1 aliphatic rings. The van der Waals surface area contributed by atoms with Gasteiger partial charge in [0.25, 0.3) is 0 Å². The summed E-state index contributed by atoms with van der Waals surface area (Å²) in [4.78, 5) is 25.8. The van der Waals surface area contributed by atoms with Crippen molar-refractivity contribution in [2.24, 2.45) is 5.41 Å². The predicted octanol–water partition coefficient (Wildman–Crippen LogP) is 1.99. The molecule has 0 heterocycles. The van der Waals surface area contributed by atoms with Crippen molar-refractivity contribution < 1.29 is 19.1 Å². The van der Waals surface area contributed by atoms with Crippen LogP contribution in [-0.4, -0.2) is 50.7 Å². The Hall–Kier alpha value is -1.10. The van der Waals surface area contributed by atoms with Crippen molar-refractivity contribution in [3.63, 3.8) is 0 Å². The van der Waals surface area contributed by atoms with Gasteiger partial charge in [0.1, 0.15) is 0 Å². The van der Waals surface area contributed by atoms with Crippen LogP contribution in [-0.2, 0) is 19.1 Å². The summed E-state index contributed by atoms with van der Waals surface area (Å²) in [7, 11) is 2.98. The minimum absolute atomic E-state index is 0.151. The molecule has 0 radical (unpaired) electrons. The average Bonchev–Trinajstić information content (AvgIpc) is 2.47. The summed E-state index contributed by atoms with van der Waals surface area (Å²) in [5.74, 6) is -0.132. The molecular weight excluding hydrogens is 258 g/mol. The van der Waals surface area contributed by atoms with Crippen LogP contribution in [0.1, 0.15) is 45.4 Å². The van der Waals surface area contributed by atoms with Gasteiger partial charge in [-0.3, -0.25) is 9.59 Å². The summed E-state index contributed by atoms with van der Waals surface area (Å²) < 4.78 is 9.71. The van der Waals surface area contributed by atoms with Crippen LogP contribution in [0.2, 0.25) is 0 Å². The molecule has 0 aromatic rings. The maximum absolute atomic E-state index is 12.7. The molecule has 1 saturated carbocycles. The van der Waals surface area contributed by atoms with E-state index in [1.54, 1.807) is 12.0 Å². The van der Waals surface area contributed by atoms with Crippen LogP contribution in [0.15, 0.2) is 0 Å². The summed E-state index contributed by atoms with van der Waals surface area (Å²) in [6, 6.07) is 0. The molecular formula is C15H27NO4. The maximum atomic E-state index is 12.7. The standard InChI is InChI=1S/C15H27NO4/c1-15(8-5-4-6-9-15)14(18)16(11-12-19-2)10-7-13(17)20-3/h4-12H2,1-3H3. The summed E-state index contributed by atoms with van der Waals surface area (Å²) in [6.07, 6.45) is 5.54. The van der Waals surface area contributed by atoms with E-state index in [1.165, 1.54) is 13.5 Å². The van der Waals surface area contributed by atoms with Crippen LogP contribution >= 0.6 is 0 Å². The molecule has 0 aliphatic heterocycles. The first-order valence-corrected chi connectivity index (χ1v) is 7.38. The Balaban J connectivity index is 2.64. The van der Waals surface area contributed by atoms with E-state index in [4.69, 9.17) is 4.74 Å². The molecule has 0 bridgehead atoms. The Morgan fingerprint density at radius 1 is 1.10 bits per heavy atom. The molecule has 0 aromatic heterocycles. The van der Waals surface area contributed by atoms with Crippen molar-refractivity contribution in [2.45, 2.75) is 45.4 Å². The van der Waals surface area contributed by atoms with Crippen LogP contribution < -0.4 is 0 Å². The molecule has 5 nitrogen and oxygen atoms in total. The van der Waals surface area contributed by atoms with Gasteiger partial charge in [0.2, 0.25) is 5.91 Å². The number of methoxy groups -OCH3 is 2. The van der Waals surface area contributed by atoms with E-state index < -0.39 is 0 Å². The SMILES string of the molecule is COCCN(CCC(=O)OC)C(=O)C1(C)CCCCC1. The Morgan fingerprint density at radius 2 is 1.75 bits per heavy atom. The number of hydrogen-bond acceptors (Lipinski definition) is 4. The van der Waals surface area contributed by atoms with Gasteiger partial charge in [-0.1, -0.05) is 26.2 Å². The second kappa shape index (κ2) is 8.25. The van der Waals surface area contributed by atoms with Gasteiger partial charge in [0.05, 0.1) is 20.1 Å². The van der Waals surface area contributed by atoms with Crippen molar-refractivity contribution in [2.75, 3.05) is 33.9 Å². The third-order valence-corrected chi connectivity index (χ3v) is 4.14.